The summed E-state index contributed by atoms with van der Waals surface area (Å²) in [5, 5.41) is 7.15. The summed E-state index contributed by atoms with van der Waals surface area (Å²) in [6.45, 7) is 9.17. The lowest BCUT2D eigenvalue weighted by molar-refractivity contribution is 0.181. The summed E-state index contributed by atoms with van der Waals surface area (Å²) in [5.41, 5.74) is 0. The summed E-state index contributed by atoms with van der Waals surface area (Å²) < 4.78 is 10.3. The van der Waals surface area contributed by atoms with Gasteiger partial charge in [-0.05, 0) is 18.9 Å². The Hall–Kier alpha value is -2.71. The van der Waals surface area contributed by atoms with Gasteiger partial charge in [0.2, 0.25) is 11.8 Å². The molecule has 3 heterocycles. The van der Waals surface area contributed by atoms with Crippen LogP contribution in [0.2, 0.25) is 0 Å². The number of aromatic nitrogens is 4. The largest absolute Gasteiger partial charge is 0.447 e. The lowest BCUT2D eigenvalue weighted by atomic mass is 10.2. The van der Waals surface area contributed by atoms with Gasteiger partial charge in [-0.25, -0.2) is 9.78 Å². The Morgan fingerprint density at radius 3 is 2.67 bits per heavy atom. The third-order valence-electron chi connectivity index (χ3n) is 3.65. The van der Waals surface area contributed by atoms with E-state index in [0.29, 0.717) is 36.6 Å². The summed E-state index contributed by atoms with van der Waals surface area (Å²) >= 11 is 0. The summed E-state index contributed by atoms with van der Waals surface area (Å²) in [6.07, 6.45) is 4.92. The summed E-state index contributed by atoms with van der Waals surface area (Å²) in [4.78, 5) is 26.1. The number of cyclic esters (lactones) is 1. The average Bonchev–Trinajstić information content (AvgIpc) is 3.30. The topological polar surface area (TPSA) is 106 Å². The zero-order valence-electron chi connectivity index (χ0n) is 16.4. The van der Waals surface area contributed by atoms with Crippen LogP contribution in [-0.4, -0.2) is 39.4 Å². The van der Waals surface area contributed by atoms with E-state index in [2.05, 4.69) is 46.2 Å². The summed E-state index contributed by atoms with van der Waals surface area (Å²) in [6, 6.07) is 1.48. The van der Waals surface area contributed by atoms with Crippen molar-refractivity contribution in [3.63, 3.8) is 0 Å². The zero-order valence-corrected chi connectivity index (χ0v) is 16.4. The molecule has 2 aromatic heterocycles. The molecule has 1 aliphatic rings. The van der Waals surface area contributed by atoms with Crippen molar-refractivity contribution in [1.82, 2.24) is 20.1 Å². The molecular formula is C18H28N6O3. The van der Waals surface area contributed by atoms with Crippen molar-refractivity contribution in [2.24, 2.45) is 0 Å². The maximum absolute atomic E-state index is 11.6. The third kappa shape index (κ3) is 5.63. The lowest BCUT2D eigenvalue weighted by Crippen LogP contribution is -2.25. The molecule has 0 saturated carbocycles. The first-order chi connectivity index (χ1) is 13.1. The molecule has 1 N–H and O–H groups in total. The van der Waals surface area contributed by atoms with E-state index in [4.69, 9.17) is 9.26 Å². The normalized spacial score (nSPS) is 14.4. The van der Waals surface area contributed by atoms with Crippen LogP contribution in [0.25, 0.3) is 0 Å². The molecule has 2 aromatic rings. The van der Waals surface area contributed by atoms with E-state index in [1.54, 1.807) is 12.3 Å². The van der Waals surface area contributed by atoms with E-state index in [0.717, 1.165) is 19.3 Å². The standard InChI is InChI=1S/C15H20N6O3.C3H8/c1-3-5-11-18-13(24-20-11)10(4-2)17-14-16-7-6-12(19-14)21-8-9-23-15(21)22;1-3-2/h6-7,10H,3-5,8-9H2,1-2H3,(H,16,17,19);3H2,1-2H3. The maximum Gasteiger partial charge on any atom is 0.415 e. The number of nitrogens with one attached hydrogen (secondary N) is 1. The Labute approximate surface area is 159 Å². The van der Waals surface area contributed by atoms with E-state index < -0.39 is 6.09 Å². The summed E-state index contributed by atoms with van der Waals surface area (Å²) in [7, 11) is 0. The molecule has 1 saturated heterocycles. The van der Waals surface area contributed by atoms with Gasteiger partial charge in [-0.15, -0.1) is 0 Å². The van der Waals surface area contributed by atoms with Crippen LogP contribution in [0.5, 0.6) is 0 Å². The van der Waals surface area contributed by atoms with Gasteiger partial charge in [-0.3, -0.25) is 4.90 Å². The molecule has 9 nitrogen and oxygen atoms in total. The second kappa shape index (κ2) is 10.4. The monoisotopic (exact) mass is 376 g/mol. The minimum atomic E-state index is -0.396. The van der Waals surface area contributed by atoms with Crippen LogP contribution in [0.3, 0.4) is 0 Å². The summed E-state index contributed by atoms with van der Waals surface area (Å²) in [5.74, 6) is 2.11. The highest BCUT2D eigenvalue weighted by atomic mass is 16.6. The maximum atomic E-state index is 11.6. The minimum absolute atomic E-state index is 0.191. The van der Waals surface area contributed by atoms with Crippen LogP contribution in [-0.2, 0) is 11.2 Å². The van der Waals surface area contributed by atoms with Crippen LogP contribution in [0.1, 0.15) is 64.7 Å². The van der Waals surface area contributed by atoms with Gasteiger partial charge in [0.25, 0.3) is 0 Å². The molecule has 1 fully saturated rings. The molecule has 148 valence electrons. The van der Waals surface area contributed by atoms with E-state index in [1.807, 2.05) is 6.92 Å². The van der Waals surface area contributed by atoms with Gasteiger partial charge in [-0.2, -0.15) is 9.97 Å². The second-order valence-corrected chi connectivity index (χ2v) is 6.12. The van der Waals surface area contributed by atoms with Crippen LogP contribution >= 0.6 is 0 Å². The van der Waals surface area contributed by atoms with Crippen molar-refractivity contribution in [3.05, 3.63) is 24.0 Å². The molecule has 3 rings (SSSR count). The smallest absolute Gasteiger partial charge is 0.415 e. The molecule has 27 heavy (non-hydrogen) atoms. The number of anilines is 2. The van der Waals surface area contributed by atoms with Gasteiger partial charge in [0.05, 0.1) is 6.54 Å². The Kier molecular flexibility index (Phi) is 7.97. The van der Waals surface area contributed by atoms with Crippen molar-refractivity contribution in [1.29, 1.82) is 0 Å². The number of hydrogen-bond acceptors (Lipinski definition) is 8. The predicted molar refractivity (Wildman–Crippen MR) is 102 cm³/mol. The second-order valence-electron chi connectivity index (χ2n) is 6.12. The highest BCUT2D eigenvalue weighted by Gasteiger charge is 2.25. The number of aryl methyl sites for hydroxylation is 1. The van der Waals surface area contributed by atoms with Crippen LogP contribution in [0, 0.1) is 0 Å². The molecule has 1 unspecified atom stereocenters. The van der Waals surface area contributed by atoms with Crippen molar-refractivity contribution in [2.45, 2.75) is 59.4 Å². The molecule has 0 radical (unpaired) electrons. The van der Waals surface area contributed by atoms with Crippen molar-refractivity contribution >= 4 is 17.9 Å². The van der Waals surface area contributed by atoms with Crippen molar-refractivity contribution < 1.29 is 14.1 Å². The first-order valence-electron chi connectivity index (χ1n) is 9.49. The fraction of sp³-hybridized carbons (Fsp3) is 0.611. The van der Waals surface area contributed by atoms with Gasteiger partial charge in [0.15, 0.2) is 5.82 Å². The fourth-order valence-corrected chi connectivity index (χ4v) is 2.40. The van der Waals surface area contributed by atoms with Gasteiger partial charge in [-0.1, -0.05) is 39.3 Å². The SMILES string of the molecule is CCC.CCCc1noc(C(CC)Nc2nccc(N3CCOC3=O)n2)n1. The Balaban J connectivity index is 0.000000817. The van der Waals surface area contributed by atoms with Crippen LogP contribution < -0.4 is 10.2 Å². The lowest BCUT2D eigenvalue weighted by Gasteiger charge is -2.15. The molecule has 1 amide bonds. The Morgan fingerprint density at radius 2 is 2.04 bits per heavy atom. The number of rotatable bonds is 7. The van der Waals surface area contributed by atoms with E-state index in [1.165, 1.54) is 11.3 Å². The van der Waals surface area contributed by atoms with Crippen LogP contribution in [0.4, 0.5) is 16.6 Å². The highest BCUT2D eigenvalue weighted by Crippen LogP contribution is 2.22. The molecule has 0 bridgehead atoms. The number of carbonyl (C=O) groups is 1. The molecule has 0 aromatic carbocycles. The molecule has 1 aliphatic heterocycles. The van der Waals surface area contributed by atoms with E-state index >= 15 is 0 Å². The van der Waals surface area contributed by atoms with Crippen molar-refractivity contribution in [2.75, 3.05) is 23.4 Å². The van der Waals surface area contributed by atoms with Gasteiger partial charge < -0.3 is 14.6 Å². The molecule has 1 atom stereocenters. The van der Waals surface area contributed by atoms with Gasteiger partial charge in [0.1, 0.15) is 18.5 Å². The fourth-order valence-electron chi connectivity index (χ4n) is 2.40. The van der Waals surface area contributed by atoms with Crippen molar-refractivity contribution in [3.8, 4) is 0 Å². The molecule has 0 aliphatic carbocycles. The number of ether oxygens (including phenoxy) is 1. The third-order valence-corrected chi connectivity index (χ3v) is 3.65. The number of amides is 1. The van der Waals surface area contributed by atoms with E-state index in [9.17, 15) is 4.79 Å². The molecule has 9 heteroatoms. The Bertz CT molecular complexity index is 721. The molecular weight excluding hydrogens is 348 g/mol. The average molecular weight is 376 g/mol. The first kappa shape index (κ1) is 20.6. The first-order valence-corrected chi connectivity index (χ1v) is 9.49. The number of carbonyl (C=O) groups excluding carboxylic acids is 1. The minimum Gasteiger partial charge on any atom is -0.447 e. The van der Waals surface area contributed by atoms with Gasteiger partial charge >= 0.3 is 6.09 Å². The Morgan fingerprint density at radius 1 is 1.26 bits per heavy atom. The number of nitrogens with zero attached hydrogens (tertiary/aromatic N) is 5. The van der Waals surface area contributed by atoms with Crippen LogP contribution in [0.15, 0.2) is 16.8 Å². The quantitative estimate of drug-likeness (QED) is 0.779. The zero-order chi connectivity index (χ0) is 19.6. The van der Waals surface area contributed by atoms with Gasteiger partial charge in [0, 0.05) is 12.6 Å². The van der Waals surface area contributed by atoms with E-state index in [-0.39, 0.29) is 6.04 Å². The highest BCUT2D eigenvalue weighted by molar-refractivity contribution is 5.88. The number of hydrogen-bond donors (Lipinski definition) is 1. The predicted octanol–water partition coefficient (Wildman–Crippen LogP) is 3.75. The molecule has 0 spiro atoms.